The van der Waals surface area contributed by atoms with Gasteiger partial charge in [0, 0.05) is 18.8 Å². The van der Waals surface area contributed by atoms with Gasteiger partial charge in [0.1, 0.15) is 11.1 Å². The number of carbonyl (C=O) groups is 1. The molecule has 0 saturated heterocycles. The van der Waals surface area contributed by atoms with Gasteiger partial charge in [-0.25, -0.2) is 4.98 Å². The number of thioether (sulfide) groups is 1. The highest BCUT2D eigenvalue weighted by atomic mass is 32.2. The molecule has 1 amide bonds. The number of fused-ring (bicyclic) bond motifs is 1. The molecule has 0 saturated carbocycles. The topological polar surface area (TPSA) is 57.0 Å². The lowest BCUT2D eigenvalue weighted by atomic mass is 9.95. The molecule has 0 bridgehead atoms. The first kappa shape index (κ1) is 18.8. The Morgan fingerprint density at radius 2 is 2.08 bits per heavy atom. The minimum absolute atomic E-state index is 0.0940. The molecule has 0 fully saturated rings. The molecule has 5 heteroatoms. The summed E-state index contributed by atoms with van der Waals surface area (Å²) < 4.78 is 0. The first-order valence-corrected chi connectivity index (χ1v) is 9.72. The number of hydrogen-bond acceptors (Lipinski definition) is 4. The number of aryl methyl sites for hydroxylation is 2. The van der Waals surface area contributed by atoms with E-state index in [2.05, 4.69) is 31.8 Å². The smallest absolute Gasteiger partial charge is 0.232 e. The third-order valence-electron chi connectivity index (χ3n) is 4.59. The molecule has 0 aliphatic heterocycles. The van der Waals surface area contributed by atoms with Gasteiger partial charge >= 0.3 is 0 Å². The van der Waals surface area contributed by atoms with Crippen LogP contribution in [0.5, 0.6) is 0 Å². The van der Waals surface area contributed by atoms with E-state index in [0.717, 1.165) is 31.4 Å². The highest BCUT2D eigenvalue weighted by molar-refractivity contribution is 7.99. The lowest BCUT2D eigenvalue weighted by Gasteiger charge is -2.26. The van der Waals surface area contributed by atoms with Crippen molar-refractivity contribution >= 4 is 17.7 Å². The molecule has 1 unspecified atom stereocenters. The largest absolute Gasteiger partial charge is 0.342 e. The Bertz CT molecular complexity index is 636. The average molecular weight is 346 g/mol. The third-order valence-corrected chi connectivity index (χ3v) is 5.56. The van der Waals surface area contributed by atoms with Crippen LogP contribution in [0.4, 0.5) is 0 Å². The Labute approximate surface area is 149 Å². The number of pyridine rings is 1. The SMILES string of the molecule is CC(C)CC(C)N(C)C(=O)CSc1nc2c(cc1C#N)CCCC2. The normalized spacial score (nSPS) is 14.8. The standard InChI is InChI=1S/C19H27N3OS/c1-13(2)9-14(3)22(4)18(23)12-24-19-16(11-20)10-15-7-5-6-8-17(15)21-19/h10,13-14H,5-9,12H2,1-4H3. The highest BCUT2D eigenvalue weighted by Crippen LogP contribution is 2.27. The molecular weight excluding hydrogens is 318 g/mol. The number of amides is 1. The Balaban J connectivity index is 2.03. The Hall–Kier alpha value is -1.54. The van der Waals surface area contributed by atoms with Crippen LogP contribution in [-0.4, -0.2) is 34.6 Å². The molecule has 24 heavy (non-hydrogen) atoms. The van der Waals surface area contributed by atoms with E-state index in [1.165, 1.54) is 23.7 Å². The van der Waals surface area contributed by atoms with Crippen molar-refractivity contribution < 1.29 is 4.79 Å². The minimum Gasteiger partial charge on any atom is -0.342 e. The monoisotopic (exact) mass is 345 g/mol. The average Bonchev–Trinajstić information content (AvgIpc) is 2.57. The van der Waals surface area contributed by atoms with E-state index in [1.54, 1.807) is 0 Å². The van der Waals surface area contributed by atoms with Crippen molar-refractivity contribution in [3.8, 4) is 6.07 Å². The summed E-state index contributed by atoms with van der Waals surface area (Å²) in [5.41, 5.74) is 2.92. The lowest BCUT2D eigenvalue weighted by Crippen LogP contribution is -2.37. The zero-order chi connectivity index (χ0) is 17.7. The fourth-order valence-corrected chi connectivity index (χ4v) is 4.02. The second kappa shape index (κ2) is 8.53. The number of rotatable bonds is 6. The van der Waals surface area contributed by atoms with Crippen LogP contribution in [0.15, 0.2) is 11.1 Å². The van der Waals surface area contributed by atoms with Gasteiger partial charge in [-0.15, -0.1) is 0 Å². The summed E-state index contributed by atoms with van der Waals surface area (Å²) in [6, 6.07) is 4.44. The molecule has 1 aliphatic rings. The lowest BCUT2D eigenvalue weighted by molar-refractivity contribution is -0.129. The van der Waals surface area contributed by atoms with Gasteiger partial charge in [0.25, 0.3) is 0 Å². The molecule has 4 nitrogen and oxygen atoms in total. The summed E-state index contributed by atoms with van der Waals surface area (Å²) >= 11 is 1.39. The van der Waals surface area contributed by atoms with Crippen LogP contribution in [0, 0.1) is 17.2 Å². The number of nitrogens with zero attached hydrogens (tertiary/aromatic N) is 3. The maximum Gasteiger partial charge on any atom is 0.232 e. The first-order chi connectivity index (χ1) is 11.4. The van der Waals surface area contributed by atoms with Gasteiger partial charge in [-0.1, -0.05) is 25.6 Å². The molecule has 0 N–H and O–H groups in total. The van der Waals surface area contributed by atoms with Crippen LogP contribution < -0.4 is 0 Å². The molecule has 1 heterocycles. The third kappa shape index (κ3) is 4.73. The maximum atomic E-state index is 12.4. The van der Waals surface area contributed by atoms with Crippen molar-refractivity contribution in [1.82, 2.24) is 9.88 Å². The molecule has 2 rings (SSSR count). The van der Waals surface area contributed by atoms with E-state index >= 15 is 0 Å². The van der Waals surface area contributed by atoms with Crippen molar-refractivity contribution in [3.05, 3.63) is 22.9 Å². The number of carbonyl (C=O) groups excluding carboxylic acids is 1. The highest BCUT2D eigenvalue weighted by Gasteiger charge is 2.19. The number of nitriles is 1. The molecule has 0 spiro atoms. The molecule has 1 atom stereocenters. The van der Waals surface area contributed by atoms with Crippen LogP contribution in [-0.2, 0) is 17.6 Å². The number of aromatic nitrogens is 1. The van der Waals surface area contributed by atoms with E-state index in [-0.39, 0.29) is 11.9 Å². The van der Waals surface area contributed by atoms with Gasteiger partial charge in [-0.2, -0.15) is 5.26 Å². The maximum absolute atomic E-state index is 12.4. The van der Waals surface area contributed by atoms with E-state index < -0.39 is 0 Å². The van der Waals surface area contributed by atoms with Crippen molar-refractivity contribution in [3.63, 3.8) is 0 Å². The van der Waals surface area contributed by atoms with Gasteiger partial charge in [-0.3, -0.25) is 4.79 Å². The summed E-state index contributed by atoms with van der Waals surface area (Å²) in [6.07, 6.45) is 5.31. The minimum atomic E-state index is 0.0940. The van der Waals surface area contributed by atoms with E-state index in [9.17, 15) is 10.1 Å². The fourth-order valence-electron chi connectivity index (χ4n) is 3.12. The van der Waals surface area contributed by atoms with Crippen molar-refractivity contribution in [1.29, 1.82) is 5.26 Å². The van der Waals surface area contributed by atoms with Crippen LogP contribution in [0.2, 0.25) is 0 Å². The second-order valence-electron chi connectivity index (χ2n) is 7.04. The van der Waals surface area contributed by atoms with Crippen LogP contribution >= 0.6 is 11.8 Å². The molecule has 0 radical (unpaired) electrons. The van der Waals surface area contributed by atoms with Crippen LogP contribution in [0.25, 0.3) is 0 Å². The Kier molecular flexibility index (Phi) is 6.68. The fraction of sp³-hybridized carbons (Fsp3) is 0.632. The molecule has 1 aliphatic carbocycles. The summed E-state index contributed by atoms with van der Waals surface area (Å²) in [7, 11) is 1.86. The molecule has 1 aromatic rings. The summed E-state index contributed by atoms with van der Waals surface area (Å²) in [6.45, 7) is 6.42. The zero-order valence-electron chi connectivity index (χ0n) is 15.1. The predicted octanol–water partition coefficient (Wildman–Crippen LogP) is 3.82. The van der Waals surface area contributed by atoms with Gasteiger partial charge in [0.2, 0.25) is 5.91 Å². The van der Waals surface area contributed by atoms with Crippen LogP contribution in [0.3, 0.4) is 0 Å². The van der Waals surface area contributed by atoms with Crippen molar-refractivity contribution in [2.45, 2.75) is 63.9 Å². The van der Waals surface area contributed by atoms with E-state index in [0.29, 0.717) is 22.3 Å². The second-order valence-corrected chi connectivity index (χ2v) is 8.00. The quantitative estimate of drug-likeness (QED) is 0.736. The van der Waals surface area contributed by atoms with Gasteiger partial charge in [0.05, 0.1) is 11.3 Å². The van der Waals surface area contributed by atoms with Crippen molar-refractivity contribution in [2.24, 2.45) is 5.92 Å². The Morgan fingerprint density at radius 3 is 2.75 bits per heavy atom. The van der Waals surface area contributed by atoms with Gasteiger partial charge in [0.15, 0.2) is 0 Å². The molecule has 1 aromatic heterocycles. The van der Waals surface area contributed by atoms with E-state index in [4.69, 9.17) is 0 Å². The van der Waals surface area contributed by atoms with Gasteiger partial charge in [-0.05, 0) is 56.6 Å². The summed E-state index contributed by atoms with van der Waals surface area (Å²) in [5, 5.41) is 10.1. The van der Waals surface area contributed by atoms with Crippen molar-refractivity contribution in [2.75, 3.05) is 12.8 Å². The predicted molar refractivity (Wildman–Crippen MR) is 98.0 cm³/mol. The number of hydrogen-bond donors (Lipinski definition) is 0. The molecular formula is C19H27N3OS. The van der Waals surface area contributed by atoms with Gasteiger partial charge < -0.3 is 4.90 Å². The first-order valence-electron chi connectivity index (χ1n) is 8.73. The van der Waals surface area contributed by atoms with Crippen LogP contribution in [0.1, 0.15) is 56.9 Å². The van der Waals surface area contributed by atoms with E-state index in [1.807, 2.05) is 18.0 Å². The summed E-state index contributed by atoms with van der Waals surface area (Å²) in [4.78, 5) is 18.9. The Morgan fingerprint density at radius 1 is 1.38 bits per heavy atom. The molecule has 0 aromatic carbocycles. The molecule has 130 valence electrons. The summed E-state index contributed by atoms with van der Waals surface area (Å²) in [5.74, 6) is 0.992. The zero-order valence-corrected chi connectivity index (χ0v) is 15.9.